The largest absolute Gasteiger partial charge is 0.355 e. The fourth-order valence-electron chi connectivity index (χ4n) is 4.20. The number of aryl methyl sites for hydroxylation is 1. The molecule has 0 unspecified atom stereocenters. The Labute approximate surface area is 158 Å². The first-order chi connectivity index (χ1) is 13.3. The number of pyridine rings is 1. The maximum Gasteiger partial charge on any atom is 0.182 e. The topological polar surface area (TPSA) is 82.6 Å². The summed E-state index contributed by atoms with van der Waals surface area (Å²) in [6.45, 7) is 4.15. The van der Waals surface area contributed by atoms with Gasteiger partial charge in [0.2, 0.25) is 0 Å². The van der Waals surface area contributed by atoms with E-state index in [1.807, 2.05) is 12.3 Å². The number of imidazole rings is 1. The Kier molecular flexibility index (Phi) is 4.24. The molecule has 1 aliphatic heterocycles. The third kappa shape index (κ3) is 3.27. The Balaban J connectivity index is 1.28. The predicted octanol–water partition coefficient (Wildman–Crippen LogP) is 2.77. The first-order valence-electron chi connectivity index (χ1n) is 9.86. The van der Waals surface area contributed by atoms with Crippen LogP contribution in [0.4, 0.5) is 5.82 Å². The summed E-state index contributed by atoms with van der Waals surface area (Å²) in [5.41, 5.74) is 4.20. The summed E-state index contributed by atoms with van der Waals surface area (Å²) in [5, 5.41) is 3.94. The molecular weight excluding hydrogens is 338 g/mol. The van der Waals surface area contributed by atoms with Gasteiger partial charge in [-0.05, 0) is 50.2 Å². The molecule has 0 bridgehead atoms. The molecular formula is C20H25N7. The first kappa shape index (κ1) is 16.6. The molecule has 3 aromatic rings. The molecule has 27 heavy (non-hydrogen) atoms. The first-order valence-corrected chi connectivity index (χ1v) is 9.86. The second-order valence-electron chi connectivity index (χ2n) is 7.75. The number of H-pyrrole nitrogens is 1. The Morgan fingerprint density at radius 1 is 1.11 bits per heavy atom. The van der Waals surface area contributed by atoms with Crippen molar-refractivity contribution >= 4 is 17.0 Å². The quantitative estimate of drug-likeness (QED) is 0.725. The van der Waals surface area contributed by atoms with Gasteiger partial charge in [-0.2, -0.15) is 0 Å². The van der Waals surface area contributed by atoms with Crippen LogP contribution in [0.5, 0.6) is 0 Å². The summed E-state index contributed by atoms with van der Waals surface area (Å²) >= 11 is 0. The van der Waals surface area contributed by atoms with Gasteiger partial charge in [0.1, 0.15) is 11.8 Å². The average Bonchev–Trinajstić information content (AvgIpc) is 3.43. The highest BCUT2D eigenvalue weighted by molar-refractivity contribution is 5.82. The molecule has 7 heteroatoms. The van der Waals surface area contributed by atoms with Crippen molar-refractivity contribution in [3.8, 4) is 0 Å². The molecule has 1 atom stereocenters. The Bertz CT molecular complexity index is 925. The Hall–Kier alpha value is -2.54. The molecule has 2 fully saturated rings. The van der Waals surface area contributed by atoms with E-state index >= 15 is 0 Å². The van der Waals surface area contributed by atoms with E-state index in [1.165, 1.54) is 24.1 Å². The zero-order valence-corrected chi connectivity index (χ0v) is 15.6. The molecule has 3 aromatic heterocycles. The smallest absolute Gasteiger partial charge is 0.182 e. The molecule has 0 aromatic carbocycles. The van der Waals surface area contributed by atoms with Crippen molar-refractivity contribution in [3.05, 3.63) is 42.2 Å². The highest BCUT2D eigenvalue weighted by atomic mass is 15.2. The van der Waals surface area contributed by atoms with E-state index in [9.17, 15) is 0 Å². The molecule has 1 saturated heterocycles. The van der Waals surface area contributed by atoms with Gasteiger partial charge in [-0.15, -0.1) is 0 Å². The number of aromatic nitrogens is 5. The number of hydrogen-bond donors (Lipinski definition) is 2. The maximum absolute atomic E-state index is 4.70. The van der Waals surface area contributed by atoms with Crippen LogP contribution < -0.4 is 10.2 Å². The molecule has 7 nitrogen and oxygen atoms in total. The molecule has 5 rings (SSSR count). The van der Waals surface area contributed by atoms with Gasteiger partial charge in [0.05, 0.1) is 18.1 Å². The number of nitrogens with one attached hydrogen (secondary N) is 2. The van der Waals surface area contributed by atoms with Gasteiger partial charge < -0.3 is 15.2 Å². The summed E-state index contributed by atoms with van der Waals surface area (Å²) in [7, 11) is 0. The predicted molar refractivity (Wildman–Crippen MR) is 104 cm³/mol. The number of rotatable bonds is 5. The normalized spacial score (nSPS) is 19.5. The zero-order chi connectivity index (χ0) is 18.2. The third-order valence-electron chi connectivity index (χ3n) is 5.85. The van der Waals surface area contributed by atoms with Crippen LogP contribution in [-0.4, -0.2) is 44.1 Å². The average molecular weight is 363 g/mol. The maximum atomic E-state index is 4.70. The summed E-state index contributed by atoms with van der Waals surface area (Å²) in [5.74, 6) is 1.71. The lowest BCUT2D eigenvalue weighted by Gasteiger charge is -2.35. The second-order valence-corrected chi connectivity index (χ2v) is 7.75. The van der Waals surface area contributed by atoms with Crippen LogP contribution >= 0.6 is 0 Å². The molecule has 140 valence electrons. The molecule has 1 aliphatic carbocycles. The van der Waals surface area contributed by atoms with E-state index in [1.54, 1.807) is 12.7 Å². The monoisotopic (exact) mass is 363 g/mol. The van der Waals surface area contributed by atoms with Crippen molar-refractivity contribution in [2.75, 3.05) is 18.0 Å². The molecule has 1 saturated carbocycles. The van der Waals surface area contributed by atoms with Crippen LogP contribution in [0, 0.1) is 12.8 Å². The lowest BCUT2D eigenvalue weighted by atomic mass is 9.98. The van der Waals surface area contributed by atoms with Crippen LogP contribution in [0.15, 0.2) is 31.0 Å². The minimum absolute atomic E-state index is 0.390. The van der Waals surface area contributed by atoms with Gasteiger partial charge in [-0.1, -0.05) is 6.07 Å². The van der Waals surface area contributed by atoms with Gasteiger partial charge in [-0.25, -0.2) is 15.0 Å². The summed E-state index contributed by atoms with van der Waals surface area (Å²) < 4.78 is 0. The van der Waals surface area contributed by atoms with Crippen molar-refractivity contribution in [1.29, 1.82) is 0 Å². The summed E-state index contributed by atoms with van der Waals surface area (Å²) in [6.07, 6.45) is 10.1. The molecule has 4 heterocycles. The lowest BCUT2D eigenvalue weighted by Crippen LogP contribution is -2.44. The van der Waals surface area contributed by atoms with E-state index < -0.39 is 0 Å². The van der Waals surface area contributed by atoms with Gasteiger partial charge in [0, 0.05) is 25.3 Å². The molecule has 0 spiro atoms. The number of nitrogens with zero attached hydrogens (tertiary/aromatic N) is 5. The van der Waals surface area contributed by atoms with Crippen molar-refractivity contribution in [2.45, 2.75) is 44.7 Å². The molecule has 0 radical (unpaired) electrons. The van der Waals surface area contributed by atoms with Gasteiger partial charge >= 0.3 is 0 Å². The SMILES string of the molecule is Cc1cccnc1[C@H](NC1CCN(c2ncnc3nc[nH]c23)CC1)C1CC1. The number of anilines is 1. The third-order valence-corrected chi connectivity index (χ3v) is 5.85. The molecule has 2 aliphatic rings. The number of fused-ring (bicyclic) bond motifs is 1. The van der Waals surface area contributed by atoms with E-state index in [2.05, 4.69) is 43.1 Å². The fraction of sp³-hybridized carbons (Fsp3) is 0.500. The highest BCUT2D eigenvalue weighted by Gasteiger charge is 2.36. The Morgan fingerprint density at radius 3 is 2.74 bits per heavy atom. The van der Waals surface area contributed by atoms with E-state index in [0.717, 1.165) is 48.8 Å². The standard InChI is InChI=1S/C20H25N7/c1-13-3-2-8-21-16(13)17(14-4-5-14)26-15-6-9-27(10-7-15)20-18-19(23-11-22-18)24-12-25-20/h2-3,8,11-12,14-15,17,26H,4-7,9-10H2,1H3,(H,22,23,24,25)/t17-/m1/s1. The van der Waals surface area contributed by atoms with Crippen molar-refractivity contribution in [2.24, 2.45) is 5.92 Å². The van der Waals surface area contributed by atoms with Gasteiger partial charge in [0.15, 0.2) is 11.5 Å². The lowest BCUT2D eigenvalue weighted by molar-refractivity contribution is 0.344. The number of hydrogen-bond acceptors (Lipinski definition) is 6. The Morgan fingerprint density at radius 2 is 1.96 bits per heavy atom. The van der Waals surface area contributed by atoms with E-state index in [4.69, 9.17) is 4.98 Å². The van der Waals surface area contributed by atoms with Gasteiger partial charge in [-0.3, -0.25) is 4.98 Å². The van der Waals surface area contributed by atoms with Crippen molar-refractivity contribution < 1.29 is 0 Å². The van der Waals surface area contributed by atoms with Crippen LogP contribution in [0.2, 0.25) is 0 Å². The van der Waals surface area contributed by atoms with E-state index in [0.29, 0.717) is 12.1 Å². The van der Waals surface area contributed by atoms with Crippen LogP contribution in [0.25, 0.3) is 11.2 Å². The van der Waals surface area contributed by atoms with Crippen molar-refractivity contribution in [3.63, 3.8) is 0 Å². The van der Waals surface area contributed by atoms with E-state index in [-0.39, 0.29) is 0 Å². The fourth-order valence-corrected chi connectivity index (χ4v) is 4.20. The van der Waals surface area contributed by atoms with Gasteiger partial charge in [0.25, 0.3) is 0 Å². The number of aromatic amines is 1. The van der Waals surface area contributed by atoms with Crippen LogP contribution in [0.3, 0.4) is 0 Å². The summed E-state index contributed by atoms with van der Waals surface area (Å²) in [6, 6.07) is 5.11. The minimum Gasteiger partial charge on any atom is -0.355 e. The minimum atomic E-state index is 0.390. The van der Waals surface area contributed by atoms with Crippen molar-refractivity contribution in [1.82, 2.24) is 30.2 Å². The second kappa shape index (κ2) is 6.88. The van der Waals surface area contributed by atoms with Crippen LogP contribution in [0.1, 0.15) is 43.0 Å². The molecule has 2 N–H and O–H groups in total. The summed E-state index contributed by atoms with van der Waals surface area (Å²) in [4.78, 5) is 23.2. The highest BCUT2D eigenvalue weighted by Crippen LogP contribution is 2.42. The molecule has 0 amide bonds. The number of piperidine rings is 1. The van der Waals surface area contributed by atoms with Crippen LogP contribution in [-0.2, 0) is 0 Å². The zero-order valence-electron chi connectivity index (χ0n) is 15.6.